The topological polar surface area (TPSA) is 54.1 Å². The number of unbranched alkanes of at least 4 members (excludes halogenated alkanes) is 2. The minimum atomic E-state index is -0.279. The summed E-state index contributed by atoms with van der Waals surface area (Å²) < 4.78 is 5.00. The number of hydrogen-bond donors (Lipinski definition) is 2. The van der Waals surface area contributed by atoms with E-state index in [0.717, 1.165) is 18.4 Å². The van der Waals surface area contributed by atoms with Crippen LogP contribution < -0.4 is 5.32 Å². The van der Waals surface area contributed by atoms with Gasteiger partial charge in [-0.3, -0.25) is 10.1 Å². The van der Waals surface area contributed by atoms with E-state index in [-0.39, 0.29) is 17.6 Å². The smallest absolute Gasteiger partial charge is 0.323 e. The second kappa shape index (κ2) is 6.36. The summed E-state index contributed by atoms with van der Waals surface area (Å²) in [4.78, 5) is 15.8. The van der Waals surface area contributed by atoms with Crippen LogP contribution in [-0.2, 0) is 21.5 Å². The molecule has 0 saturated heterocycles. The molecule has 4 heteroatoms. The fraction of sp³-hybridized carbons (Fsp3) is 0.526. The van der Waals surface area contributed by atoms with Gasteiger partial charge in [0.25, 0.3) is 0 Å². The van der Waals surface area contributed by atoms with Crippen LogP contribution in [0.3, 0.4) is 0 Å². The lowest BCUT2D eigenvalue weighted by Gasteiger charge is -2.39. The maximum absolute atomic E-state index is 12.2. The number of H-pyrrole nitrogens is 1. The van der Waals surface area contributed by atoms with Crippen LogP contribution in [0.1, 0.15) is 50.8 Å². The van der Waals surface area contributed by atoms with Gasteiger partial charge in [-0.15, -0.1) is 0 Å². The zero-order valence-corrected chi connectivity index (χ0v) is 14.2. The number of carbonyl (C=O) groups excluding carboxylic acids is 1. The van der Waals surface area contributed by atoms with E-state index in [1.807, 2.05) is 6.07 Å². The number of nitrogens with one attached hydrogen (secondary N) is 2. The Morgan fingerprint density at radius 1 is 1.35 bits per heavy atom. The number of aromatic nitrogens is 1. The first-order valence-electron chi connectivity index (χ1n) is 8.54. The van der Waals surface area contributed by atoms with Gasteiger partial charge in [0.2, 0.25) is 0 Å². The molecule has 0 amide bonds. The van der Waals surface area contributed by atoms with Crippen molar-refractivity contribution in [3.8, 4) is 0 Å². The standard InChI is InChI=1S/C19H26N2O2/c1-4-5-8-11-19(2)17-14(12-16(21-19)18(22)23-3)13-9-6-7-10-15(13)20-17/h6-7,9-10,16,20-21H,4-5,8,11-12H2,1-3H3/t16-,19+/m0/s1. The lowest BCUT2D eigenvalue weighted by atomic mass is 9.81. The molecule has 1 aliphatic rings. The molecule has 0 radical (unpaired) electrons. The Hall–Kier alpha value is -1.81. The molecule has 2 N–H and O–H groups in total. The van der Waals surface area contributed by atoms with Crippen LogP contribution in [0, 0.1) is 0 Å². The van der Waals surface area contributed by atoms with Crippen LogP contribution in [0.25, 0.3) is 10.9 Å². The van der Waals surface area contributed by atoms with Crippen molar-refractivity contribution in [3.63, 3.8) is 0 Å². The van der Waals surface area contributed by atoms with E-state index in [1.54, 1.807) is 0 Å². The summed E-state index contributed by atoms with van der Waals surface area (Å²) in [6.45, 7) is 4.41. The minimum absolute atomic E-state index is 0.178. The molecule has 0 bridgehead atoms. The highest BCUT2D eigenvalue weighted by molar-refractivity contribution is 5.87. The summed E-state index contributed by atoms with van der Waals surface area (Å²) in [6, 6.07) is 8.06. The van der Waals surface area contributed by atoms with Crippen molar-refractivity contribution in [1.82, 2.24) is 10.3 Å². The number of para-hydroxylation sites is 1. The van der Waals surface area contributed by atoms with E-state index >= 15 is 0 Å². The highest BCUT2D eigenvalue weighted by atomic mass is 16.5. The van der Waals surface area contributed by atoms with Crippen LogP contribution in [0.5, 0.6) is 0 Å². The molecule has 2 atom stereocenters. The third-order valence-corrected chi connectivity index (χ3v) is 5.03. The number of aromatic amines is 1. The highest BCUT2D eigenvalue weighted by Gasteiger charge is 2.40. The van der Waals surface area contributed by atoms with Gasteiger partial charge in [0.1, 0.15) is 6.04 Å². The van der Waals surface area contributed by atoms with Gasteiger partial charge in [-0.2, -0.15) is 0 Å². The van der Waals surface area contributed by atoms with Crippen LogP contribution >= 0.6 is 0 Å². The first kappa shape index (κ1) is 16.1. The van der Waals surface area contributed by atoms with Crippen molar-refractivity contribution in [3.05, 3.63) is 35.5 Å². The Labute approximate surface area is 137 Å². The first-order valence-corrected chi connectivity index (χ1v) is 8.54. The SMILES string of the molecule is CCCCC[C@@]1(C)N[C@H](C(=O)OC)Cc2c1[nH]c1ccccc21. The normalized spacial score (nSPS) is 23.7. The van der Waals surface area contributed by atoms with Crippen molar-refractivity contribution in [1.29, 1.82) is 0 Å². The van der Waals surface area contributed by atoms with E-state index in [4.69, 9.17) is 4.74 Å². The Balaban J connectivity index is 2.04. The maximum atomic E-state index is 12.2. The van der Waals surface area contributed by atoms with Gasteiger partial charge in [-0.05, 0) is 25.0 Å². The third-order valence-electron chi connectivity index (χ3n) is 5.03. The zero-order chi connectivity index (χ0) is 16.4. The summed E-state index contributed by atoms with van der Waals surface area (Å²) in [6.07, 6.45) is 5.22. The molecular formula is C19H26N2O2. The number of rotatable bonds is 5. The van der Waals surface area contributed by atoms with Gasteiger partial charge in [0.15, 0.2) is 0 Å². The Morgan fingerprint density at radius 2 is 2.13 bits per heavy atom. The van der Waals surface area contributed by atoms with E-state index < -0.39 is 0 Å². The van der Waals surface area contributed by atoms with Crippen LogP contribution in [0.2, 0.25) is 0 Å². The van der Waals surface area contributed by atoms with Crippen LogP contribution in [0.15, 0.2) is 24.3 Å². The Morgan fingerprint density at radius 3 is 2.87 bits per heavy atom. The monoisotopic (exact) mass is 314 g/mol. The van der Waals surface area contributed by atoms with Gasteiger partial charge in [0.05, 0.1) is 12.6 Å². The average Bonchev–Trinajstić information content (AvgIpc) is 2.94. The molecule has 0 saturated carbocycles. The van der Waals surface area contributed by atoms with Gasteiger partial charge < -0.3 is 9.72 Å². The van der Waals surface area contributed by atoms with Crippen molar-refractivity contribution >= 4 is 16.9 Å². The van der Waals surface area contributed by atoms with Crippen molar-refractivity contribution < 1.29 is 9.53 Å². The lowest BCUT2D eigenvalue weighted by Crippen LogP contribution is -2.54. The molecule has 3 rings (SSSR count). The van der Waals surface area contributed by atoms with Crippen LogP contribution in [0.4, 0.5) is 0 Å². The molecule has 2 aromatic rings. The molecule has 124 valence electrons. The molecule has 0 unspecified atom stereocenters. The number of carbonyl (C=O) groups is 1. The molecule has 1 aromatic carbocycles. The third kappa shape index (κ3) is 2.88. The number of methoxy groups -OCH3 is 1. The zero-order valence-electron chi connectivity index (χ0n) is 14.2. The van der Waals surface area contributed by atoms with Gasteiger partial charge in [-0.25, -0.2) is 0 Å². The highest BCUT2D eigenvalue weighted by Crippen LogP contribution is 2.38. The predicted octanol–water partition coefficient (Wildman–Crippen LogP) is 3.65. The second-order valence-corrected chi connectivity index (χ2v) is 6.74. The quantitative estimate of drug-likeness (QED) is 0.654. The summed E-state index contributed by atoms with van der Waals surface area (Å²) in [5.74, 6) is -0.178. The van der Waals surface area contributed by atoms with E-state index in [9.17, 15) is 4.79 Å². The minimum Gasteiger partial charge on any atom is -0.468 e. The van der Waals surface area contributed by atoms with E-state index in [0.29, 0.717) is 6.42 Å². The molecule has 0 spiro atoms. The number of fused-ring (bicyclic) bond motifs is 3. The molecule has 4 nitrogen and oxygen atoms in total. The number of benzene rings is 1. The van der Waals surface area contributed by atoms with Crippen molar-refractivity contribution in [2.45, 2.75) is 57.5 Å². The van der Waals surface area contributed by atoms with E-state index in [2.05, 4.69) is 42.3 Å². The Bertz CT molecular complexity index is 706. The number of esters is 1. The summed E-state index contributed by atoms with van der Waals surface area (Å²) in [5.41, 5.74) is 3.41. The molecule has 1 aromatic heterocycles. The predicted molar refractivity (Wildman–Crippen MR) is 92.4 cm³/mol. The molecule has 23 heavy (non-hydrogen) atoms. The largest absolute Gasteiger partial charge is 0.468 e. The van der Waals surface area contributed by atoms with Gasteiger partial charge in [0, 0.05) is 23.0 Å². The van der Waals surface area contributed by atoms with Crippen LogP contribution in [-0.4, -0.2) is 24.1 Å². The van der Waals surface area contributed by atoms with Crippen molar-refractivity contribution in [2.24, 2.45) is 0 Å². The Kier molecular flexibility index (Phi) is 4.44. The second-order valence-electron chi connectivity index (χ2n) is 6.74. The fourth-order valence-electron chi connectivity index (χ4n) is 3.81. The van der Waals surface area contributed by atoms with Gasteiger partial charge >= 0.3 is 5.97 Å². The first-order chi connectivity index (χ1) is 11.1. The fourth-order valence-corrected chi connectivity index (χ4v) is 3.81. The molecule has 0 aliphatic carbocycles. The summed E-state index contributed by atoms with van der Waals surface area (Å²) in [5, 5.41) is 4.77. The average molecular weight is 314 g/mol. The molecule has 1 aliphatic heterocycles. The van der Waals surface area contributed by atoms with Crippen molar-refractivity contribution in [2.75, 3.05) is 7.11 Å². The van der Waals surface area contributed by atoms with Gasteiger partial charge in [-0.1, -0.05) is 44.4 Å². The summed E-state index contributed by atoms with van der Waals surface area (Å²) >= 11 is 0. The lowest BCUT2D eigenvalue weighted by molar-refractivity contribution is -0.144. The summed E-state index contributed by atoms with van der Waals surface area (Å²) in [7, 11) is 1.46. The molecule has 0 fully saturated rings. The number of ether oxygens (including phenoxy) is 1. The molecule has 2 heterocycles. The van der Waals surface area contributed by atoms with E-state index in [1.165, 1.54) is 36.6 Å². The maximum Gasteiger partial charge on any atom is 0.323 e. The number of hydrogen-bond acceptors (Lipinski definition) is 3. The molecular weight excluding hydrogens is 288 g/mol.